The number of carbonyl (C=O) groups is 2. The summed E-state index contributed by atoms with van der Waals surface area (Å²) in [6.07, 6.45) is 1.65. The van der Waals surface area contributed by atoms with Gasteiger partial charge in [0.1, 0.15) is 5.75 Å². The predicted octanol–water partition coefficient (Wildman–Crippen LogP) is 3.77. The van der Waals surface area contributed by atoms with Gasteiger partial charge in [-0.2, -0.15) is 0 Å². The number of Topliss-reactive ketones (excluding diaryl/α,β-unsaturated/α-hetero) is 1. The first kappa shape index (κ1) is 18.0. The van der Waals surface area contributed by atoms with E-state index in [0.29, 0.717) is 17.0 Å². The molecular formula is C21H21ClN2O3. The van der Waals surface area contributed by atoms with Gasteiger partial charge in [0.2, 0.25) is 0 Å². The van der Waals surface area contributed by atoms with E-state index in [1.807, 2.05) is 24.3 Å². The van der Waals surface area contributed by atoms with Crippen LogP contribution in [-0.2, 0) is 11.3 Å². The van der Waals surface area contributed by atoms with Crippen LogP contribution in [0.15, 0.2) is 42.5 Å². The molecule has 4 rings (SSSR count). The lowest BCUT2D eigenvalue weighted by atomic mass is 9.88. The molecule has 2 aromatic rings. The zero-order valence-corrected chi connectivity index (χ0v) is 15.7. The van der Waals surface area contributed by atoms with Crippen LogP contribution in [-0.4, -0.2) is 36.3 Å². The number of nitrogens with zero attached hydrogens (tertiary/aromatic N) is 1. The van der Waals surface area contributed by atoms with Gasteiger partial charge in [0, 0.05) is 23.0 Å². The van der Waals surface area contributed by atoms with Gasteiger partial charge >= 0.3 is 0 Å². The summed E-state index contributed by atoms with van der Waals surface area (Å²) >= 11 is 6.25. The predicted molar refractivity (Wildman–Crippen MR) is 104 cm³/mol. The SMILES string of the molecule is O=C1COc2ccc(C(=O)C3CCN(Cc4ccccc4Cl)CC3)cc2N1. The van der Waals surface area contributed by atoms with Crippen molar-refractivity contribution in [3.05, 3.63) is 58.6 Å². The molecule has 2 heterocycles. The molecule has 0 atom stereocenters. The molecular weight excluding hydrogens is 364 g/mol. The number of nitrogens with one attached hydrogen (secondary N) is 1. The molecule has 0 unspecified atom stereocenters. The van der Waals surface area contributed by atoms with Crippen molar-refractivity contribution in [2.45, 2.75) is 19.4 Å². The summed E-state index contributed by atoms with van der Waals surface area (Å²) in [6, 6.07) is 13.2. The van der Waals surface area contributed by atoms with Gasteiger partial charge in [-0.15, -0.1) is 0 Å². The first-order valence-electron chi connectivity index (χ1n) is 9.17. The van der Waals surface area contributed by atoms with Crippen molar-refractivity contribution in [3.8, 4) is 5.75 Å². The molecule has 1 fully saturated rings. The van der Waals surface area contributed by atoms with E-state index in [1.54, 1.807) is 18.2 Å². The Hall–Kier alpha value is -2.37. The van der Waals surface area contributed by atoms with Crippen molar-refractivity contribution in [1.82, 2.24) is 4.90 Å². The number of piperidine rings is 1. The molecule has 6 heteroatoms. The normalized spacial score (nSPS) is 17.7. The summed E-state index contributed by atoms with van der Waals surface area (Å²) in [7, 11) is 0. The van der Waals surface area contributed by atoms with Crippen molar-refractivity contribution < 1.29 is 14.3 Å². The second-order valence-electron chi connectivity index (χ2n) is 7.05. The number of likely N-dealkylation sites (tertiary alicyclic amines) is 1. The van der Waals surface area contributed by atoms with Gasteiger partial charge in [0.15, 0.2) is 12.4 Å². The molecule has 2 aliphatic heterocycles. The maximum Gasteiger partial charge on any atom is 0.262 e. The average molecular weight is 385 g/mol. The van der Waals surface area contributed by atoms with E-state index in [0.717, 1.165) is 43.1 Å². The Morgan fingerprint density at radius 1 is 1.19 bits per heavy atom. The molecule has 140 valence electrons. The van der Waals surface area contributed by atoms with Crippen LogP contribution in [0.1, 0.15) is 28.8 Å². The molecule has 1 amide bonds. The Morgan fingerprint density at radius 2 is 1.96 bits per heavy atom. The second-order valence-corrected chi connectivity index (χ2v) is 7.46. The Labute approximate surface area is 163 Å². The van der Waals surface area contributed by atoms with Crippen LogP contribution < -0.4 is 10.1 Å². The molecule has 0 bridgehead atoms. The van der Waals surface area contributed by atoms with Crippen molar-refractivity contribution >= 4 is 29.0 Å². The number of hydrogen-bond acceptors (Lipinski definition) is 4. The van der Waals surface area contributed by atoms with E-state index in [1.165, 1.54) is 0 Å². The molecule has 1 saturated heterocycles. The van der Waals surface area contributed by atoms with Crippen molar-refractivity contribution in [3.63, 3.8) is 0 Å². The maximum absolute atomic E-state index is 12.9. The Bertz CT molecular complexity index is 875. The van der Waals surface area contributed by atoms with Gasteiger partial charge < -0.3 is 10.1 Å². The van der Waals surface area contributed by atoms with E-state index in [-0.39, 0.29) is 24.2 Å². The topological polar surface area (TPSA) is 58.6 Å². The molecule has 0 aromatic heterocycles. The van der Waals surface area contributed by atoms with E-state index in [9.17, 15) is 9.59 Å². The summed E-state index contributed by atoms with van der Waals surface area (Å²) in [6.45, 7) is 2.56. The number of amides is 1. The Morgan fingerprint density at radius 3 is 2.74 bits per heavy atom. The molecule has 0 spiro atoms. The van der Waals surface area contributed by atoms with E-state index < -0.39 is 0 Å². The standard InChI is InChI=1S/C21H21ClN2O3/c22-17-4-2-1-3-16(17)12-24-9-7-14(8-10-24)21(26)15-5-6-19-18(11-15)23-20(25)13-27-19/h1-6,11,14H,7-10,12-13H2,(H,23,25). The molecule has 5 nitrogen and oxygen atoms in total. The molecule has 0 radical (unpaired) electrons. The maximum atomic E-state index is 12.9. The summed E-state index contributed by atoms with van der Waals surface area (Å²) in [4.78, 5) is 26.7. The van der Waals surface area contributed by atoms with Gasteiger partial charge in [0.05, 0.1) is 5.69 Å². The minimum Gasteiger partial charge on any atom is -0.482 e. The highest BCUT2D eigenvalue weighted by atomic mass is 35.5. The highest BCUT2D eigenvalue weighted by Crippen LogP contribution is 2.31. The Kier molecular flexibility index (Phi) is 5.14. The number of ether oxygens (including phenoxy) is 1. The second kappa shape index (κ2) is 7.71. The summed E-state index contributed by atoms with van der Waals surface area (Å²) < 4.78 is 5.36. The van der Waals surface area contributed by atoms with Crippen molar-refractivity contribution in [2.75, 3.05) is 25.0 Å². The minimum atomic E-state index is -0.194. The summed E-state index contributed by atoms with van der Waals surface area (Å²) in [5.41, 5.74) is 2.33. The summed E-state index contributed by atoms with van der Waals surface area (Å²) in [5, 5.41) is 3.55. The number of anilines is 1. The smallest absolute Gasteiger partial charge is 0.262 e. The number of fused-ring (bicyclic) bond motifs is 1. The van der Waals surface area contributed by atoms with Gasteiger partial charge in [-0.25, -0.2) is 0 Å². The van der Waals surface area contributed by atoms with Crippen LogP contribution in [0.5, 0.6) is 5.75 Å². The third-order valence-electron chi connectivity index (χ3n) is 5.21. The van der Waals surface area contributed by atoms with Crippen molar-refractivity contribution in [2.24, 2.45) is 5.92 Å². The zero-order chi connectivity index (χ0) is 18.8. The fourth-order valence-electron chi connectivity index (χ4n) is 3.69. The third kappa shape index (κ3) is 3.99. The zero-order valence-electron chi connectivity index (χ0n) is 14.9. The van der Waals surface area contributed by atoms with Crippen LogP contribution in [0, 0.1) is 5.92 Å². The van der Waals surface area contributed by atoms with Crippen LogP contribution in [0.4, 0.5) is 5.69 Å². The van der Waals surface area contributed by atoms with Crippen molar-refractivity contribution in [1.29, 1.82) is 0 Å². The van der Waals surface area contributed by atoms with E-state index in [4.69, 9.17) is 16.3 Å². The fourth-order valence-corrected chi connectivity index (χ4v) is 3.89. The van der Waals surface area contributed by atoms with Gasteiger partial charge in [0.25, 0.3) is 5.91 Å². The monoisotopic (exact) mass is 384 g/mol. The lowest BCUT2D eigenvalue weighted by Crippen LogP contribution is -2.36. The lowest BCUT2D eigenvalue weighted by molar-refractivity contribution is -0.118. The van der Waals surface area contributed by atoms with E-state index >= 15 is 0 Å². The van der Waals surface area contributed by atoms with Crippen LogP contribution in [0.2, 0.25) is 5.02 Å². The van der Waals surface area contributed by atoms with Gasteiger partial charge in [-0.05, 0) is 55.8 Å². The molecule has 0 aliphatic carbocycles. The average Bonchev–Trinajstić information content (AvgIpc) is 2.69. The molecule has 27 heavy (non-hydrogen) atoms. The largest absolute Gasteiger partial charge is 0.482 e. The van der Waals surface area contributed by atoms with Crippen LogP contribution >= 0.6 is 11.6 Å². The quantitative estimate of drug-likeness (QED) is 0.815. The number of ketones is 1. The fraction of sp³-hybridized carbons (Fsp3) is 0.333. The third-order valence-corrected chi connectivity index (χ3v) is 5.58. The Balaban J connectivity index is 1.38. The first-order chi connectivity index (χ1) is 13.1. The highest BCUT2D eigenvalue weighted by molar-refractivity contribution is 6.31. The van der Waals surface area contributed by atoms with Gasteiger partial charge in [-0.1, -0.05) is 29.8 Å². The molecule has 2 aliphatic rings. The molecule has 2 aromatic carbocycles. The number of benzene rings is 2. The number of carbonyl (C=O) groups excluding carboxylic acids is 2. The van der Waals surface area contributed by atoms with Crippen LogP contribution in [0.3, 0.4) is 0 Å². The van der Waals surface area contributed by atoms with Crippen LogP contribution in [0.25, 0.3) is 0 Å². The van der Waals surface area contributed by atoms with E-state index in [2.05, 4.69) is 10.2 Å². The number of rotatable bonds is 4. The summed E-state index contributed by atoms with van der Waals surface area (Å²) in [5.74, 6) is 0.557. The number of halogens is 1. The number of hydrogen-bond donors (Lipinski definition) is 1. The first-order valence-corrected chi connectivity index (χ1v) is 9.54. The molecule has 1 N–H and O–H groups in total. The highest BCUT2D eigenvalue weighted by Gasteiger charge is 2.27. The minimum absolute atomic E-state index is 0.00533. The van der Waals surface area contributed by atoms with Gasteiger partial charge in [-0.3, -0.25) is 14.5 Å². The molecule has 0 saturated carbocycles. The lowest BCUT2D eigenvalue weighted by Gasteiger charge is -2.31.